The van der Waals surface area contributed by atoms with Crippen molar-refractivity contribution in [2.24, 2.45) is 0 Å². The van der Waals surface area contributed by atoms with E-state index in [9.17, 15) is 14.0 Å². The molecule has 1 N–H and O–H groups in total. The number of hydrogen-bond acceptors (Lipinski definition) is 4. The Balaban J connectivity index is 2.20. The van der Waals surface area contributed by atoms with Crippen molar-refractivity contribution in [2.75, 3.05) is 27.2 Å². The minimum absolute atomic E-state index is 0.275. The number of amides is 1. The lowest BCUT2D eigenvalue weighted by atomic mass is 10.1. The highest BCUT2D eigenvalue weighted by molar-refractivity contribution is 5.79. The summed E-state index contributed by atoms with van der Waals surface area (Å²) in [4.78, 5) is 26.2. The van der Waals surface area contributed by atoms with E-state index in [0.29, 0.717) is 24.3 Å². The number of carbonyl (C=O) groups excluding carboxylic acids is 1. The van der Waals surface area contributed by atoms with E-state index in [4.69, 9.17) is 0 Å². The van der Waals surface area contributed by atoms with Gasteiger partial charge in [0.15, 0.2) is 0 Å². The first kappa shape index (κ1) is 17.8. The maximum Gasteiger partial charge on any atom is 0.267 e. The first-order valence-corrected chi connectivity index (χ1v) is 7.66. The maximum absolute atomic E-state index is 13.0. The molecule has 1 aromatic heterocycles. The van der Waals surface area contributed by atoms with Crippen LogP contribution in [0.2, 0.25) is 0 Å². The monoisotopic (exact) mass is 332 g/mol. The van der Waals surface area contributed by atoms with Gasteiger partial charge in [0.05, 0.1) is 5.69 Å². The molecular weight excluding hydrogens is 311 g/mol. The van der Waals surface area contributed by atoms with Gasteiger partial charge >= 0.3 is 0 Å². The van der Waals surface area contributed by atoms with Crippen LogP contribution in [0, 0.1) is 5.82 Å². The molecule has 2 aromatic rings. The van der Waals surface area contributed by atoms with Crippen LogP contribution in [-0.4, -0.2) is 47.8 Å². The van der Waals surface area contributed by atoms with E-state index in [2.05, 4.69) is 10.4 Å². The third-order valence-corrected chi connectivity index (χ3v) is 3.57. The molecule has 1 aromatic carbocycles. The minimum atomic E-state index is -0.736. The molecule has 1 atom stereocenters. The zero-order valence-electron chi connectivity index (χ0n) is 14.0. The molecule has 6 nitrogen and oxygen atoms in total. The highest BCUT2D eigenvalue weighted by Crippen LogP contribution is 2.16. The Morgan fingerprint density at radius 3 is 2.54 bits per heavy atom. The van der Waals surface area contributed by atoms with Crippen molar-refractivity contribution in [1.82, 2.24) is 20.0 Å². The molecule has 7 heteroatoms. The van der Waals surface area contributed by atoms with Crippen LogP contribution in [-0.2, 0) is 4.79 Å². The average molecular weight is 332 g/mol. The third kappa shape index (κ3) is 4.48. The second-order valence-corrected chi connectivity index (χ2v) is 5.78. The van der Waals surface area contributed by atoms with Gasteiger partial charge in [-0.25, -0.2) is 9.07 Å². The Bertz CT molecular complexity index is 756. The van der Waals surface area contributed by atoms with Gasteiger partial charge in [-0.2, -0.15) is 5.10 Å². The number of hydrogen-bond donors (Lipinski definition) is 1. The molecule has 0 aliphatic heterocycles. The Labute approximate surface area is 139 Å². The van der Waals surface area contributed by atoms with Crippen molar-refractivity contribution in [3.8, 4) is 11.3 Å². The number of aromatic nitrogens is 2. The number of likely N-dealkylation sites (N-methyl/N-ethyl adjacent to an activating group) is 1. The van der Waals surface area contributed by atoms with Crippen molar-refractivity contribution in [3.05, 3.63) is 52.6 Å². The van der Waals surface area contributed by atoms with Crippen molar-refractivity contribution >= 4 is 5.91 Å². The summed E-state index contributed by atoms with van der Waals surface area (Å²) in [5, 5.41) is 7.02. The molecule has 0 saturated carbocycles. The van der Waals surface area contributed by atoms with Gasteiger partial charge in [0.1, 0.15) is 11.9 Å². The maximum atomic E-state index is 13.0. The zero-order chi connectivity index (χ0) is 17.7. The topological polar surface area (TPSA) is 67.2 Å². The summed E-state index contributed by atoms with van der Waals surface area (Å²) in [6.45, 7) is 2.81. The summed E-state index contributed by atoms with van der Waals surface area (Å²) >= 11 is 0. The van der Waals surface area contributed by atoms with Crippen molar-refractivity contribution < 1.29 is 9.18 Å². The van der Waals surface area contributed by atoms with Crippen LogP contribution in [0.3, 0.4) is 0 Å². The predicted octanol–water partition coefficient (Wildman–Crippen LogP) is 1.29. The zero-order valence-corrected chi connectivity index (χ0v) is 14.0. The molecular formula is C17H21FN4O2. The Kier molecular flexibility index (Phi) is 5.81. The Morgan fingerprint density at radius 1 is 1.25 bits per heavy atom. The van der Waals surface area contributed by atoms with Crippen LogP contribution in [0.15, 0.2) is 41.2 Å². The quantitative estimate of drug-likeness (QED) is 0.865. The van der Waals surface area contributed by atoms with E-state index in [1.807, 2.05) is 19.0 Å². The van der Waals surface area contributed by atoms with E-state index < -0.39 is 6.04 Å². The fourth-order valence-electron chi connectivity index (χ4n) is 2.14. The van der Waals surface area contributed by atoms with Crippen molar-refractivity contribution in [1.29, 1.82) is 0 Å². The molecule has 0 spiro atoms. The van der Waals surface area contributed by atoms with Crippen molar-refractivity contribution in [3.63, 3.8) is 0 Å². The summed E-state index contributed by atoms with van der Waals surface area (Å²) < 4.78 is 14.2. The first-order chi connectivity index (χ1) is 11.4. The fourth-order valence-corrected chi connectivity index (χ4v) is 2.14. The van der Waals surface area contributed by atoms with Crippen LogP contribution in [0.5, 0.6) is 0 Å². The molecule has 2 rings (SSSR count). The molecule has 0 unspecified atom stereocenters. The van der Waals surface area contributed by atoms with E-state index in [-0.39, 0.29) is 17.3 Å². The van der Waals surface area contributed by atoms with E-state index in [0.717, 1.165) is 4.68 Å². The normalized spacial score (nSPS) is 12.2. The largest absolute Gasteiger partial charge is 0.353 e. The van der Waals surface area contributed by atoms with Gasteiger partial charge in [-0.3, -0.25) is 9.59 Å². The standard InChI is InChI=1S/C17H21FN4O2/c1-12(17(24)19-10-11-21(2)3)22-16(23)9-8-15(20-22)13-4-6-14(18)7-5-13/h4-9,12H,10-11H2,1-3H3,(H,19,24)/t12-/m1/s1. The molecule has 0 radical (unpaired) electrons. The minimum Gasteiger partial charge on any atom is -0.353 e. The molecule has 0 saturated heterocycles. The number of carbonyl (C=O) groups is 1. The van der Waals surface area contributed by atoms with Crippen LogP contribution in [0.1, 0.15) is 13.0 Å². The fraction of sp³-hybridized carbons (Fsp3) is 0.353. The van der Waals surface area contributed by atoms with Gasteiger partial charge in [0, 0.05) is 24.7 Å². The molecule has 0 aliphatic rings. The molecule has 24 heavy (non-hydrogen) atoms. The lowest BCUT2D eigenvalue weighted by Gasteiger charge is -2.16. The lowest BCUT2D eigenvalue weighted by molar-refractivity contribution is -0.124. The summed E-state index contributed by atoms with van der Waals surface area (Å²) in [7, 11) is 3.82. The molecule has 0 fully saturated rings. The van der Waals surface area contributed by atoms with Gasteiger partial charge in [-0.15, -0.1) is 0 Å². The third-order valence-electron chi connectivity index (χ3n) is 3.57. The number of nitrogens with zero attached hydrogens (tertiary/aromatic N) is 3. The van der Waals surface area contributed by atoms with Gasteiger partial charge in [-0.1, -0.05) is 0 Å². The number of benzene rings is 1. The summed E-state index contributed by atoms with van der Waals surface area (Å²) in [5.74, 6) is -0.622. The first-order valence-electron chi connectivity index (χ1n) is 7.66. The van der Waals surface area contributed by atoms with Crippen LogP contribution in [0.4, 0.5) is 4.39 Å². The summed E-state index contributed by atoms with van der Waals surface area (Å²) in [6, 6.07) is 7.98. The lowest BCUT2D eigenvalue weighted by Crippen LogP contribution is -2.39. The van der Waals surface area contributed by atoms with E-state index in [1.165, 1.54) is 18.2 Å². The Morgan fingerprint density at radius 2 is 1.92 bits per heavy atom. The highest BCUT2D eigenvalue weighted by atomic mass is 19.1. The second kappa shape index (κ2) is 7.83. The summed E-state index contributed by atoms with van der Waals surface area (Å²) in [6.07, 6.45) is 0. The van der Waals surface area contributed by atoms with Gasteiger partial charge in [0.2, 0.25) is 5.91 Å². The van der Waals surface area contributed by atoms with Crippen LogP contribution >= 0.6 is 0 Å². The van der Waals surface area contributed by atoms with Crippen molar-refractivity contribution in [2.45, 2.75) is 13.0 Å². The number of halogens is 1. The average Bonchev–Trinajstić information content (AvgIpc) is 2.55. The molecule has 128 valence electrons. The predicted molar refractivity (Wildman–Crippen MR) is 90.2 cm³/mol. The second-order valence-electron chi connectivity index (χ2n) is 5.78. The Hall–Kier alpha value is -2.54. The van der Waals surface area contributed by atoms with E-state index >= 15 is 0 Å². The molecule has 1 amide bonds. The van der Waals surface area contributed by atoms with Gasteiger partial charge in [-0.05, 0) is 51.4 Å². The smallest absolute Gasteiger partial charge is 0.267 e. The SMILES string of the molecule is C[C@H](C(=O)NCCN(C)C)n1nc(-c2ccc(F)cc2)ccc1=O. The van der Waals surface area contributed by atoms with Crippen LogP contribution in [0.25, 0.3) is 11.3 Å². The highest BCUT2D eigenvalue weighted by Gasteiger charge is 2.17. The number of rotatable bonds is 6. The van der Waals surface area contributed by atoms with E-state index in [1.54, 1.807) is 25.1 Å². The number of nitrogens with one attached hydrogen (secondary N) is 1. The van der Waals surface area contributed by atoms with Crippen LogP contribution < -0.4 is 10.9 Å². The summed E-state index contributed by atoms with van der Waals surface area (Å²) in [5.41, 5.74) is 0.809. The molecule has 1 heterocycles. The van der Waals surface area contributed by atoms with Gasteiger partial charge < -0.3 is 10.2 Å². The van der Waals surface area contributed by atoms with Gasteiger partial charge in [0.25, 0.3) is 5.56 Å². The molecule has 0 aliphatic carbocycles. The molecule has 0 bridgehead atoms.